The molecule has 0 saturated carbocycles. The normalized spacial score (nSPS) is 11.8. The van der Waals surface area contributed by atoms with Crippen molar-refractivity contribution in [3.05, 3.63) is 100 Å². The van der Waals surface area contributed by atoms with Gasteiger partial charge in [-0.05, 0) is 65.9 Å². The molecule has 3 rings (SSSR count). The van der Waals surface area contributed by atoms with Gasteiger partial charge >= 0.3 is 5.97 Å². The number of hydrogen-bond acceptors (Lipinski definition) is 4. The van der Waals surface area contributed by atoms with Crippen molar-refractivity contribution in [2.75, 3.05) is 13.1 Å². The molecule has 0 radical (unpaired) electrons. The van der Waals surface area contributed by atoms with Crippen molar-refractivity contribution >= 4 is 17.6 Å². The van der Waals surface area contributed by atoms with E-state index in [0.717, 1.165) is 30.5 Å². The molecule has 30 heavy (non-hydrogen) atoms. The second kappa shape index (κ2) is 10.9. The summed E-state index contributed by atoms with van der Waals surface area (Å²) >= 11 is 5.97. The first-order valence-electron chi connectivity index (χ1n) is 9.99. The van der Waals surface area contributed by atoms with Crippen LogP contribution in [0.1, 0.15) is 35.3 Å². The molecular formula is C25H26ClNO3. The van der Waals surface area contributed by atoms with Gasteiger partial charge in [-0.3, -0.25) is 4.79 Å². The summed E-state index contributed by atoms with van der Waals surface area (Å²) in [6.45, 7) is 2.67. The van der Waals surface area contributed by atoms with E-state index in [0.29, 0.717) is 17.3 Å². The third-order valence-corrected chi connectivity index (χ3v) is 5.01. The minimum atomic E-state index is -0.571. The fourth-order valence-corrected chi connectivity index (χ4v) is 3.40. The van der Waals surface area contributed by atoms with Gasteiger partial charge in [0, 0.05) is 18.5 Å². The Morgan fingerprint density at radius 3 is 2.27 bits per heavy atom. The molecule has 5 heteroatoms. The molecule has 0 fully saturated rings. The van der Waals surface area contributed by atoms with E-state index in [1.807, 2.05) is 36.4 Å². The van der Waals surface area contributed by atoms with E-state index in [-0.39, 0.29) is 5.97 Å². The van der Waals surface area contributed by atoms with Crippen LogP contribution in [-0.2, 0) is 17.6 Å². The first kappa shape index (κ1) is 22.0. The standard InChI is InChI=1S/C25H26ClNO3/c1-18(28)30-24-11-9-21(10-12-24)15-20-7-5-19(6-8-20)13-14-27-17-25(29)22-3-2-4-23(26)16-22/h2-12,16,25,27,29H,13-15,17H2,1H3/t25-/m1/s1. The maximum Gasteiger partial charge on any atom is 0.308 e. The van der Waals surface area contributed by atoms with Crippen LogP contribution < -0.4 is 10.1 Å². The number of ether oxygens (including phenoxy) is 1. The fourth-order valence-electron chi connectivity index (χ4n) is 3.20. The third-order valence-electron chi connectivity index (χ3n) is 4.78. The van der Waals surface area contributed by atoms with E-state index in [1.54, 1.807) is 12.1 Å². The predicted molar refractivity (Wildman–Crippen MR) is 120 cm³/mol. The molecule has 0 aromatic heterocycles. The topological polar surface area (TPSA) is 58.6 Å². The van der Waals surface area contributed by atoms with Crippen LogP contribution in [0, 0.1) is 0 Å². The van der Waals surface area contributed by atoms with E-state index >= 15 is 0 Å². The Labute approximate surface area is 182 Å². The minimum absolute atomic E-state index is 0.313. The van der Waals surface area contributed by atoms with Gasteiger partial charge in [-0.2, -0.15) is 0 Å². The number of halogens is 1. The summed E-state index contributed by atoms with van der Waals surface area (Å²) in [7, 11) is 0. The molecule has 0 aliphatic carbocycles. The van der Waals surface area contributed by atoms with Gasteiger partial charge in [-0.15, -0.1) is 0 Å². The number of carbonyl (C=O) groups excluding carboxylic acids is 1. The maximum atomic E-state index is 11.0. The lowest BCUT2D eigenvalue weighted by Crippen LogP contribution is -2.23. The van der Waals surface area contributed by atoms with Crippen molar-refractivity contribution in [2.45, 2.75) is 25.9 Å². The zero-order chi connectivity index (χ0) is 21.3. The van der Waals surface area contributed by atoms with Gasteiger partial charge in [0.25, 0.3) is 0 Å². The van der Waals surface area contributed by atoms with Crippen molar-refractivity contribution in [1.82, 2.24) is 5.32 Å². The van der Waals surface area contributed by atoms with Crippen LogP contribution in [0.5, 0.6) is 5.75 Å². The Morgan fingerprint density at radius 1 is 1.00 bits per heavy atom. The average Bonchev–Trinajstić information content (AvgIpc) is 2.73. The van der Waals surface area contributed by atoms with Crippen molar-refractivity contribution in [1.29, 1.82) is 0 Å². The number of nitrogens with one attached hydrogen (secondary N) is 1. The molecule has 0 unspecified atom stereocenters. The van der Waals surface area contributed by atoms with E-state index in [2.05, 4.69) is 29.6 Å². The number of hydrogen-bond donors (Lipinski definition) is 2. The highest BCUT2D eigenvalue weighted by Crippen LogP contribution is 2.18. The zero-order valence-corrected chi connectivity index (χ0v) is 17.7. The predicted octanol–water partition coefficient (Wildman–Crippen LogP) is 4.72. The van der Waals surface area contributed by atoms with Crippen molar-refractivity contribution < 1.29 is 14.6 Å². The molecule has 1 atom stereocenters. The number of esters is 1. The van der Waals surface area contributed by atoms with E-state index in [4.69, 9.17) is 16.3 Å². The average molecular weight is 424 g/mol. The molecule has 0 amide bonds. The molecule has 156 valence electrons. The summed E-state index contributed by atoms with van der Waals surface area (Å²) in [6.07, 6.45) is 1.14. The Morgan fingerprint density at radius 2 is 1.63 bits per heavy atom. The molecule has 3 aromatic rings. The van der Waals surface area contributed by atoms with E-state index in [9.17, 15) is 9.90 Å². The number of aliphatic hydroxyl groups is 1. The lowest BCUT2D eigenvalue weighted by molar-refractivity contribution is -0.131. The number of carbonyl (C=O) groups is 1. The molecule has 0 spiro atoms. The molecule has 0 aliphatic heterocycles. The fraction of sp³-hybridized carbons (Fsp3) is 0.240. The lowest BCUT2D eigenvalue weighted by Gasteiger charge is -2.12. The SMILES string of the molecule is CC(=O)Oc1ccc(Cc2ccc(CCNC[C@@H](O)c3cccc(Cl)c3)cc2)cc1. The Bertz CT molecular complexity index is 955. The molecular weight excluding hydrogens is 398 g/mol. The highest BCUT2D eigenvalue weighted by molar-refractivity contribution is 6.30. The van der Waals surface area contributed by atoms with Crippen molar-refractivity contribution in [3.63, 3.8) is 0 Å². The van der Waals surface area contributed by atoms with Crippen LogP contribution in [0.4, 0.5) is 0 Å². The van der Waals surface area contributed by atoms with Gasteiger partial charge in [0.15, 0.2) is 0 Å². The van der Waals surface area contributed by atoms with Crippen LogP contribution >= 0.6 is 11.6 Å². The van der Waals surface area contributed by atoms with Gasteiger partial charge in [0.2, 0.25) is 0 Å². The van der Waals surface area contributed by atoms with E-state index in [1.165, 1.54) is 18.1 Å². The zero-order valence-electron chi connectivity index (χ0n) is 17.0. The van der Waals surface area contributed by atoms with Gasteiger partial charge in [-0.1, -0.05) is 60.1 Å². The molecule has 3 aromatic carbocycles. The maximum absolute atomic E-state index is 11.0. The summed E-state index contributed by atoms with van der Waals surface area (Å²) in [5, 5.41) is 14.2. The second-order valence-corrected chi connectivity index (χ2v) is 7.69. The van der Waals surface area contributed by atoms with Crippen molar-refractivity contribution in [3.8, 4) is 5.75 Å². The Balaban J connectivity index is 1.42. The molecule has 0 bridgehead atoms. The van der Waals surface area contributed by atoms with Crippen LogP contribution in [0.2, 0.25) is 5.02 Å². The number of benzene rings is 3. The quantitative estimate of drug-likeness (QED) is 0.297. The third kappa shape index (κ3) is 6.99. The number of aliphatic hydroxyl groups excluding tert-OH is 1. The summed E-state index contributed by atoms with van der Waals surface area (Å²) in [4.78, 5) is 11.0. The molecule has 0 aliphatic rings. The Kier molecular flexibility index (Phi) is 8.03. The van der Waals surface area contributed by atoms with Gasteiger partial charge in [0.1, 0.15) is 5.75 Å². The van der Waals surface area contributed by atoms with Gasteiger partial charge < -0.3 is 15.2 Å². The van der Waals surface area contributed by atoms with Crippen LogP contribution in [-0.4, -0.2) is 24.2 Å². The largest absolute Gasteiger partial charge is 0.427 e. The summed E-state index contributed by atoms with van der Waals surface area (Å²) < 4.78 is 5.06. The smallest absolute Gasteiger partial charge is 0.308 e. The highest BCUT2D eigenvalue weighted by atomic mass is 35.5. The highest BCUT2D eigenvalue weighted by Gasteiger charge is 2.07. The summed E-state index contributed by atoms with van der Waals surface area (Å²) in [5.41, 5.74) is 4.45. The van der Waals surface area contributed by atoms with Gasteiger partial charge in [-0.25, -0.2) is 0 Å². The first-order valence-corrected chi connectivity index (χ1v) is 10.4. The molecule has 2 N–H and O–H groups in total. The lowest BCUT2D eigenvalue weighted by atomic mass is 10.0. The first-order chi connectivity index (χ1) is 14.5. The second-order valence-electron chi connectivity index (χ2n) is 7.26. The summed E-state index contributed by atoms with van der Waals surface area (Å²) in [6, 6.07) is 23.4. The number of rotatable bonds is 9. The van der Waals surface area contributed by atoms with Crippen LogP contribution in [0.3, 0.4) is 0 Å². The molecule has 0 saturated heterocycles. The minimum Gasteiger partial charge on any atom is -0.427 e. The monoisotopic (exact) mass is 423 g/mol. The van der Waals surface area contributed by atoms with E-state index < -0.39 is 6.10 Å². The summed E-state index contributed by atoms with van der Waals surface area (Å²) in [5.74, 6) is 0.251. The van der Waals surface area contributed by atoms with Crippen molar-refractivity contribution in [2.24, 2.45) is 0 Å². The van der Waals surface area contributed by atoms with Gasteiger partial charge in [0.05, 0.1) is 6.10 Å². The van der Waals surface area contributed by atoms with Crippen LogP contribution in [0.25, 0.3) is 0 Å². The Hall–Kier alpha value is -2.66. The molecule has 0 heterocycles. The molecule has 4 nitrogen and oxygen atoms in total. The van der Waals surface area contributed by atoms with Crippen LogP contribution in [0.15, 0.2) is 72.8 Å².